The Morgan fingerprint density at radius 2 is 1.74 bits per heavy atom. The third-order valence-electron chi connectivity index (χ3n) is 2.51. The van der Waals surface area contributed by atoms with Crippen LogP contribution in [0.4, 0.5) is 0 Å². The van der Waals surface area contributed by atoms with Crippen LogP contribution >= 0.6 is 23.2 Å². The smallest absolute Gasteiger partial charge is 0.333 e. The average molecular weight is 328 g/mol. The van der Waals surface area contributed by atoms with Crippen molar-refractivity contribution < 1.29 is 17.7 Å². The van der Waals surface area contributed by atoms with Gasteiger partial charge in [0.25, 0.3) is 0 Å². The molecule has 0 aliphatic carbocycles. The molecule has 19 heavy (non-hydrogen) atoms. The molecular weight excluding hydrogens is 313 g/mol. The molecule has 0 aliphatic heterocycles. The summed E-state index contributed by atoms with van der Waals surface area (Å²) in [6.07, 6.45) is -2.38. The van der Waals surface area contributed by atoms with Crippen molar-refractivity contribution in [3.8, 4) is 0 Å². The predicted molar refractivity (Wildman–Crippen MR) is 74.2 cm³/mol. The normalized spacial score (nSPS) is 15.5. The van der Waals surface area contributed by atoms with Gasteiger partial charge in [-0.1, -0.05) is 43.1 Å². The van der Waals surface area contributed by atoms with E-state index in [-0.39, 0.29) is 21.5 Å². The van der Waals surface area contributed by atoms with Crippen molar-refractivity contribution in [3.05, 3.63) is 33.8 Å². The monoisotopic (exact) mass is 327 g/mol. The number of hydrogen-bond donors (Lipinski definition) is 2. The number of halogens is 2. The van der Waals surface area contributed by atoms with Crippen LogP contribution in [0, 0.1) is 5.92 Å². The van der Waals surface area contributed by atoms with E-state index in [1.54, 1.807) is 32.0 Å². The number of benzene rings is 1. The molecule has 108 valence electrons. The fraction of sp³-hybridized carbons (Fsp3) is 0.455. The summed E-state index contributed by atoms with van der Waals surface area (Å²) in [4.78, 5) is 0. The highest BCUT2D eigenvalue weighted by Gasteiger charge is 2.31. The Labute approximate surface area is 122 Å². The summed E-state index contributed by atoms with van der Waals surface area (Å²) in [6, 6.07) is 4.70. The molecule has 0 aromatic heterocycles. The SMILES string of the molecule is CC(C)C(OS(N)(=O)=O)C(O)c1c(Cl)cccc1Cl. The molecular formula is C11H15Cl2NO4S. The summed E-state index contributed by atoms with van der Waals surface area (Å²) < 4.78 is 26.8. The second kappa shape index (κ2) is 6.39. The van der Waals surface area contributed by atoms with Crippen molar-refractivity contribution in [3.63, 3.8) is 0 Å². The summed E-state index contributed by atoms with van der Waals surface area (Å²) in [6.45, 7) is 3.37. The topological polar surface area (TPSA) is 89.6 Å². The first-order valence-corrected chi connectivity index (χ1v) is 7.69. The Morgan fingerprint density at radius 1 is 1.26 bits per heavy atom. The lowest BCUT2D eigenvalue weighted by molar-refractivity contribution is 0.0120. The Bertz CT molecular complexity index is 527. The summed E-state index contributed by atoms with van der Waals surface area (Å²) in [5.74, 6) is -0.319. The Hall–Kier alpha value is -0.370. The van der Waals surface area contributed by atoms with Crippen LogP contribution in [-0.2, 0) is 14.5 Å². The van der Waals surface area contributed by atoms with Crippen molar-refractivity contribution in [2.24, 2.45) is 11.1 Å². The molecule has 0 bridgehead atoms. The van der Waals surface area contributed by atoms with E-state index in [9.17, 15) is 13.5 Å². The van der Waals surface area contributed by atoms with E-state index >= 15 is 0 Å². The third kappa shape index (κ3) is 4.59. The molecule has 0 saturated carbocycles. The number of hydrogen-bond acceptors (Lipinski definition) is 4. The standard InChI is InChI=1S/C11H15Cl2NO4S/c1-6(2)11(18-19(14,16)17)10(15)9-7(12)4-3-5-8(9)13/h3-6,10-11,15H,1-2H3,(H2,14,16,17). The van der Waals surface area contributed by atoms with Crippen LogP contribution in [0.3, 0.4) is 0 Å². The summed E-state index contributed by atoms with van der Waals surface area (Å²) >= 11 is 11.9. The van der Waals surface area contributed by atoms with E-state index in [0.717, 1.165) is 0 Å². The molecule has 0 fully saturated rings. The molecule has 1 aromatic carbocycles. The molecule has 2 unspecified atom stereocenters. The molecule has 5 nitrogen and oxygen atoms in total. The van der Waals surface area contributed by atoms with Crippen LogP contribution in [0.1, 0.15) is 25.5 Å². The van der Waals surface area contributed by atoms with E-state index in [0.29, 0.717) is 0 Å². The Morgan fingerprint density at radius 3 is 2.11 bits per heavy atom. The Balaban J connectivity index is 3.17. The fourth-order valence-electron chi connectivity index (χ4n) is 1.64. The van der Waals surface area contributed by atoms with Crippen molar-refractivity contribution >= 4 is 33.5 Å². The van der Waals surface area contributed by atoms with Gasteiger partial charge in [-0.15, -0.1) is 0 Å². The molecule has 1 aromatic rings. The molecule has 1 rings (SSSR count). The molecule has 0 aliphatic rings. The van der Waals surface area contributed by atoms with Gasteiger partial charge in [0.05, 0.1) is 0 Å². The van der Waals surface area contributed by atoms with Gasteiger partial charge in [0.2, 0.25) is 0 Å². The van der Waals surface area contributed by atoms with Crippen molar-refractivity contribution in [2.75, 3.05) is 0 Å². The highest BCUT2D eigenvalue weighted by Crippen LogP contribution is 2.35. The summed E-state index contributed by atoms with van der Waals surface area (Å²) in [7, 11) is -4.19. The van der Waals surface area contributed by atoms with Gasteiger partial charge >= 0.3 is 10.3 Å². The summed E-state index contributed by atoms with van der Waals surface area (Å²) in [5.41, 5.74) is 0.216. The number of aliphatic hydroxyl groups is 1. The minimum absolute atomic E-state index is 0.216. The van der Waals surface area contributed by atoms with E-state index in [1.807, 2.05) is 0 Å². The number of nitrogens with two attached hydrogens (primary N) is 1. The number of aliphatic hydroxyl groups excluding tert-OH is 1. The van der Waals surface area contributed by atoms with Gasteiger partial charge in [0, 0.05) is 15.6 Å². The maximum Gasteiger partial charge on any atom is 0.333 e. The van der Waals surface area contributed by atoms with Crippen molar-refractivity contribution in [1.82, 2.24) is 0 Å². The average Bonchev–Trinajstić information content (AvgIpc) is 2.23. The lowest BCUT2D eigenvalue weighted by Gasteiger charge is -2.26. The van der Waals surface area contributed by atoms with Gasteiger partial charge in [-0.2, -0.15) is 8.42 Å². The van der Waals surface area contributed by atoms with Crippen molar-refractivity contribution in [1.29, 1.82) is 0 Å². The second-order valence-electron chi connectivity index (χ2n) is 4.38. The number of rotatable bonds is 5. The van der Waals surface area contributed by atoms with Gasteiger partial charge in [-0.05, 0) is 18.1 Å². The van der Waals surface area contributed by atoms with Gasteiger partial charge in [0.15, 0.2) is 0 Å². The maximum atomic E-state index is 11.0. The lowest BCUT2D eigenvalue weighted by Crippen LogP contribution is -2.33. The second-order valence-corrected chi connectivity index (χ2v) is 6.37. The quantitative estimate of drug-likeness (QED) is 0.868. The van der Waals surface area contributed by atoms with Gasteiger partial charge in [-0.25, -0.2) is 5.14 Å². The zero-order chi connectivity index (χ0) is 14.8. The first kappa shape index (κ1) is 16.7. The fourth-order valence-corrected chi connectivity index (χ4v) is 2.90. The first-order chi connectivity index (χ1) is 8.63. The van der Waals surface area contributed by atoms with E-state index in [4.69, 9.17) is 32.5 Å². The Kier molecular flexibility index (Phi) is 5.61. The maximum absolute atomic E-state index is 11.0. The highest BCUT2D eigenvalue weighted by atomic mass is 35.5. The zero-order valence-electron chi connectivity index (χ0n) is 10.4. The minimum atomic E-state index is -4.19. The van der Waals surface area contributed by atoms with Crippen LogP contribution in [0.25, 0.3) is 0 Å². The van der Waals surface area contributed by atoms with Gasteiger partial charge < -0.3 is 5.11 Å². The molecule has 3 N–H and O–H groups in total. The molecule has 0 heterocycles. The van der Waals surface area contributed by atoms with E-state index in [1.165, 1.54) is 0 Å². The molecule has 0 saturated heterocycles. The van der Waals surface area contributed by atoms with Crippen LogP contribution in [0.5, 0.6) is 0 Å². The minimum Gasteiger partial charge on any atom is -0.386 e. The van der Waals surface area contributed by atoms with Gasteiger partial charge in [0.1, 0.15) is 12.2 Å². The summed E-state index contributed by atoms with van der Waals surface area (Å²) in [5, 5.41) is 15.6. The molecule has 8 heteroatoms. The largest absolute Gasteiger partial charge is 0.386 e. The zero-order valence-corrected chi connectivity index (χ0v) is 12.7. The first-order valence-electron chi connectivity index (χ1n) is 5.46. The van der Waals surface area contributed by atoms with Crippen LogP contribution in [-0.4, -0.2) is 19.6 Å². The molecule has 0 radical (unpaired) electrons. The molecule has 0 spiro atoms. The lowest BCUT2D eigenvalue weighted by atomic mass is 9.96. The van der Waals surface area contributed by atoms with Crippen LogP contribution < -0.4 is 5.14 Å². The van der Waals surface area contributed by atoms with Crippen molar-refractivity contribution in [2.45, 2.75) is 26.1 Å². The molecule has 2 atom stereocenters. The van der Waals surface area contributed by atoms with Gasteiger partial charge in [-0.3, -0.25) is 4.18 Å². The third-order valence-corrected chi connectivity index (χ3v) is 3.66. The van der Waals surface area contributed by atoms with Crippen LogP contribution in [0.15, 0.2) is 18.2 Å². The predicted octanol–water partition coefficient (Wildman–Crippen LogP) is 2.27. The van der Waals surface area contributed by atoms with Crippen LogP contribution in [0.2, 0.25) is 10.0 Å². The molecule has 0 amide bonds. The van der Waals surface area contributed by atoms with E-state index < -0.39 is 22.5 Å². The highest BCUT2D eigenvalue weighted by molar-refractivity contribution is 7.84. The van der Waals surface area contributed by atoms with E-state index in [2.05, 4.69) is 0 Å².